The van der Waals surface area contributed by atoms with Gasteiger partial charge in [-0.3, -0.25) is 0 Å². The van der Waals surface area contributed by atoms with E-state index in [0.29, 0.717) is 11.3 Å². The predicted octanol–water partition coefficient (Wildman–Crippen LogP) is 3.26. The van der Waals surface area contributed by atoms with E-state index in [0.717, 1.165) is 24.9 Å². The molecule has 108 valence electrons. The molecule has 5 heteroatoms. The summed E-state index contributed by atoms with van der Waals surface area (Å²) in [6.07, 6.45) is 2.50. The standard InChI is InChI=1S/C15H18FNO2S/c1-15(2)10-17(8-9-20-15)14-11(6-7-13(18)19)4-3-5-12(14)16/h3-7H,8-10H2,1-2H3,(H,18,19)/b7-6+. The zero-order valence-corrected chi connectivity index (χ0v) is 12.4. The summed E-state index contributed by atoms with van der Waals surface area (Å²) in [6, 6.07) is 4.76. The van der Waals surface area contributed by atoms with Crippen molar-refractivity contribution in [3.05, 3.63) is 35.7 Å². The number of anilines is 1. The van der Waals surface area contributed by atoms with Crippen molar-refractivity contribution >= 4 is 29.5 Å². The topological polar surface area (TPSA) is 40.5 Å². The number of para-hydroxylation sites is 1. The Kier molecular flexibility index (Phi) is 4.38. The predicted molar refractivity (Wildman–Crippen MR) is 81.8 cm³/mol. The number of carboxylic acids is 1. The van der Waals surface area contributed by atoms with Gasteiger partial charge in [-0.15, -0.1) is 0 Å². The van der Waals surface area contributed by atoms with E-state index in [1.165, 1.54) is 12.1 Å². The molecule has 1 aromatic rings. The second-order valence-electron chi connectivity index (χ2n) is 5.38. The molecular formula is C15H18FNO2S. The summed E-state index contributed by atoms with van der Waals surface area (Å²) in [6.45, 7) is 5.78. The van der Waals surface area contributed by atoms with E-state index >= 15 is 0 Å². The van der Waals surface area contributed by atoms with Gasteiger partial charge in [-0.2, -0.15) is 11.8 Å². The molecule has 1 aromatic carbocycles. The molecule has 1 heterocycles. The van der Waals surface area contributed by atoms with Gasteiger partial charge in [0.2, 0.25) is 0 Å². The van der Waals surface area contributed by atoms with Crippen LogP contribution in [0.3, 0.4) is 0 Å². The maximum Gasteiger partial charge on any atom is 0.328 e. The van der Waals surface area contributed by atoms with Crippen molar-refractivity contribution in [2.45, 2.75) is 18.6 Å². The fourth-order valence-corrected chi connectivity index (χ4v) is 3.48. The number of rotatable bonds is 3. The second-order valence-corrected chi connectivity index (χ2v) is 7.18. The lowest BCUT2D eigenvalue weighted by atomic mass is 10.1. The minimum Gasteiger partial charge on any atom is -0.478 e. The van der Waals surface area contributed by atoms with Gasteiger partial charge in [0.15, 0.2) is 0 Å². The van der Waals surface area contributed by atoms with E-state index < -0.39 is 5.97 Å². The molecule has 1 fully saturated rings. The highest BCUT2D eigenvalue weighted by Gasteiger charge is 2.29. The lowest BCUT2D eigenvalue weighted by Gasteiger charge is -2.39. The molecule has 20 heavy (non-hydrogen) atoms. The maximum absolute atomic E-state index is 14.2. The minimum absolute atomic E-state index is 0.0638. The quantitative estimate of drug-likeness (QED) is 0.869. The van der Waals surface area contributed by atoms with Crippen LogP contribution in [-0.4, -0.2) is 34.7 Å². The highest BCUT2D eigenvalue weighted by molar-refractivity contribution is 8.00. The first-order valence-electron chi connectivity index (χ1n) is 6.47. The van der Waals surface area contributed by atoms with E-state index in [-0.39, 0.29) is 10.6 Å². The van der Waals surface area contributed by atoms with E-state index in [4.69, 9.17) is 5.11 Å². The molecule has 3 nitrogen and oxygen atoms in total. The summed E-state index contributed by atoms with van der Waals surface area (Å²) in [7, 11) is 0. The van der Waals surface area contributed by atoms with Crippen molar-refractivity contribution < 1.29 is 14.3 Å². The molecule has 0 amide bonds. The van der Waals surface area contributed by atoms with Crippen LogP contribution in [0.1, 0.15) is 19.4 Å². The van der Waals surface area contributed by atoms with Gasteiger partial charge in [0.25, 0.3) is 0 Å². The van der Waals surface area contributed by atoms with Crippen molar-refractivity contribution in [3.63, 3.8) is 0 Å². The number of carboxylic acid groups (broad SMARTS) is 1. The van der Waals surface area contributed by atoms with Gasteiger partial charge in [0.05, 0.1) is 5.69 Å². The highest BCUT2D eigenvalue weighted by Crippen LogP contribution is 2.35. The number of aliphatic carboxylic acids is 1. The molecule has 0 unspecified atom stereocenters. The fourth-order valence-electron chi connectivity index (χ4n) is 2.37. The molecule has 1 aliphatic rings. The average Bonchev–Trinajstić information content (AvgIpc) is 2.35. The van der Waals surface area contributed by atoms with Crippen molar-refractivity contribution in [2.75, 3.05) is 23.7 Å². The first-order valence-corrected chi connectivity index (χ1v) is 7.46. The van der Waals surface area contributed by atoms with Crippen LogP contribution in [0.2, 0.25) is 0 Å². The van der Waals surface area contributed by atoms with E-state index in [1.54, 1.807) is 12.1 Å². The van der Waals surface area contributed by atoms with Crippen LogP contribution in [0.25, 0.3) is 6.08 Å². The second kappa shape index (κ2) is 5.87. The number of nitrogens with zero attached hydrogens (tertiary/aromatic N) is 1. The Morgan fingerprint density at radius 2 is 2.25 bits per heavy atom. The Balaban J connectivity index is 2.37. The SMILES string of the molecule is CC1(C)CN(c2c(F)cccc2/C=C/C(=O)O)CCS1. The Bertz CT molecular complexity index is 543. The summed E-state index contributed by atoms with van der Waals surface area (Å²) in [5.74, 6) is -0.404. The fraction of sp³-hybridized carbons (Fsp3) is 0.400. The zero-order chi connectivity index (χ0) is 14.8. The summed E-state index contributed by atoms with van der Waals surface area (Å²) >= 11 is 1.87. The maximum atomic E-state index is 14.2. The molecule has 0 aromatic heterocycles. The van der Waals surface area contributed by atoms with E-state index in [2.05, 4.69) is 13.8 Å². The Morgan fingerprint density at radius 1 is 1.50 bits per heavy atom. The van der Waals surface area contributed by atoms with E-state index in [1.807, 2.05) is 16.7 Å². The molecule has 1 N–H and O–H groups in total. The smallest absolute Gasteiger partial charge is 0.328 e. The summed E-state index contributed by atoms with van der Waals surface area (Å²) < 4.78 is 14.2. The third kappa shape index (κ3) is 3.54. The van der Waals surface area contributed by atoms with Crippen LogP contribution >= 0.6 is 11.8 Å². The largest absolute Gasteiger partial charge is 0.478 e. The van der Waals surface area contributed by atoms with Crippen molar-refractivity contribution in [1.29, 1.82) is 0 Å². The van der Waals surface area contributed by atoms with Crippen LogP contribution in [-0.2, 0) is 4.79 Å². The first kappa shape index (κ1) is 14.9. The number of carbonyl (C=O) groups is 1. The van der Waals surface area contributed by atoms with Crippen molar-refractivity contribution in [1.82, 2.24) is 0 Å². The van der Waals surface area contributed by atoms with Crippen LogP contribution in [0.5, 0.6) is 0 Å². The number of thioether (sulfide) groups is 1. The van der Waals surface area contributed by atoms with Crippen LogP contribution < -0.4 is 4.90 Å². The number of halogens is 1. The lowest BCUT2D eigenvalue weighted by Crippen LogP contribution is -2.43. The van der Waals surface area contributed by atoms with Gasteiger partial charge in [-0.05, 0) is 26.0 Å². The molecular weight excluding hydrogens is 277 g/mol. The molecule has 0 spiro atoms. The molecule has 0 aliphatic carbocycles. The normalized spacial score (nSPS) is 18.4. The molecule has 0 bridgehead atoms. The average molecular weight is 295 g/mol. The number of hydrogen-bond acceptors (Lipinski definition) is 3. The Labute approximate surface area is 122 Å². The third-order valence-electron chi connectivity index (χ3n) is 3.17. The van der Waals surface area contributed by atoms with Crippen molar-refractivity contribution in [2.24, 2.45) is 0 Å². The van der Waals surface area contributed by atoms with Crippen LogP contribution in [0.4, 0.5) is 10.1 Å². The van der Waals surface area contributed by atoms with Crippen molar-refractivity contribution in [3.8, 4) is 0 Å². The van der Waals surface area contributed by atoms with Gasteiger partial charge in [-0.1, -0.05) is 12.1 Å². The van der Waals surface area contributed by atoms with Gasteiger partial charge in [0.1, 0.15) is 5.82 Å². The molecule has 0 saturated carbocycles. The lowest BCUT2D eigenvalue weighted by molar-refractivity contribution is -0.131. The monoisotopic (exact) mass is 295 g/mol. The molecule has 2 rings (SSSR count). The highest BCUT2D eigenvalue weighted by atomic mass is 32.2. The Morgan fingerprint density at radius 3 is 2.90 bits per heavy atom. The first-order chi connectivity index (χ1) is 9.39. The van der Waals surface area contributed by atoms with Gasteiger partial charge >= 0.3 is 5.97 Å². The zero-order valence-electron chi connectivity index (χ0n) is 11.6. The Hall–Kier alpha value is -1.49. The van der Waals surface area contributed by atoms with Crippen LogP contribution in [0.15, 0.2) is 24.3 Å². The minimum atomic E-state index is -1.03. The van der Waals surface area contributed by atoms with E-state index in [9.17, 15) is 9.18 Å². The molecule has 0 atom stereocenters. The van der Waals surface area contributed by atoms with Gasteiger partial charge in [-0.25, -0.2) is 9.18 Å². The molecule has 0 radical (unpaired) electrons. The molecule has 1 aliphatic heterocycles. The third-order valence-corrected chi connectivity index (χ3v) is 4.46. The summed E-state index contributed by atoms with van der Waals surface area (Å²) in [4.78, 5) is 12.7. The number of hydrogen-bond donors (Lipinski definition) is 1. The number of benzene rings is 1. The molecule has 1 saturated heterocycles. The van der Waals surface area contributed by atoms with Crippen LogP contribution in [0, 0.1) is 5.82 Å². The van der Waals surface area contributed by atoms with Gasteiger partial charge < -0.3 is 10.0 Å². The summed E-state index contributed by atoms with van der Waals surface area (Å²) in [5.41, 5.74) is 1.11. The summed E-state index contributed by atoms with van der Waals surface area (Å²) in [5, 5.41) is 8.73. The van der Waals surface area contributed by atoms with Gasteiger partial charge in [0, 0.05) is 35.2 Å².